The summed E-state index contributed by atoms with van der Waals surface area (Å²) in [5.74, 6) is -0.513. The maximum absolute atomic E-state index is 13.6. The molecule has 0 amide bonds. The Labute approximate surface area is 856 Å². The number of pyridine rings is 7. The van der Waals surface area contributed by atoms with Gasteiger partial charge in [0.05, 0.1) is 43.5 Å². The summed E-state index contributed by atoms with van der Waals surface area (Å²) in [4.78, 5) is 55.5. The molecule has 5 saturated heterocycles. The molecular formula is C105H117FN20O11S8. The summed E-state index contributed by atoms with van der Waals surface area (Å²) in [5.41, 5.74) is 13.6. The van der Waals surface area contributed by atoms with Crippen LogP contribution in [-0.4, -0.2) is 236 Å². The van der Waals surface area contributed by atoms with E-state index in [-0.39, 0.29) is 56.1 Å². The second kappa shape index (κ2) is 43.2. The Hall–Kier alpha value is -11.4. The van der Waals surface area contributed by atoms with E-state index in [0.717, 1.165) is 258 Å². The van der Waals surface area contributed by atoms with Gasteiger partial charge in [-0.15, -0.1) is 22.7 Å². The van der Waals surface area contributed by atoms with Crippen molar-refractivity contribution in [1.29, 1.82) is 0 Å². The first-order valence-corrected chi connectivity index (χ1v) is 60.0. The van der Waals surface area contributed by atoms with Crippen molar-refractivity contribution in [3.05, 3.63) is 239 Å². The van der Waals surface area contributed by atoms with Gasteiger partial charge in [0.25, 0.3) is 0 Å². The second-order valence-electron chi connectivity index (χ2n) is 39.1. The Bertz CT molecular complexity index is 7760. The quantitative estimate of drug-likeness (QED) is 0.0306. The molecule has 15 aromatic rings. The SMILES string of the molecule is Cc1cccc(-c2cc(NC3CCN(S(=O)(=O)C4CC4)CC3)c3cnccc3c2)n1.Cc1cnc(-c2cc(NC3CCN(S(C)(=O)=O)CC3)c3cnccc3c2)s1.Cc1csc(-c2cc(NC3CCN(S(=O)(=O)C4CC4)CC3)c3cnccc3c2)n1.O=S(=O)(C1CC1)N1CCC(Nc2cc(-c3cccc(F)n3)cc3ccncc23)CC1.O=c1[nH]cc(-c2cc(NC3CCN(S(=O)(=O)C4CC4)CC3)c3cnccc3c2)s1. The van der Waals surface area contributed by atoms with Gasteiger partial charge in [0, 0.05) is 269 Å². The third-order valence-electron chi connectivity index (χ3n) is 28.3. The minimum atomic E-state index is -3.11. The zero-order valence-electron chi connectivity index (χ0n) is 81.0. The van der Waals surface area contributed by atoms with Crippen LogP contribution in [0.3, 0.4) is 0 Å². The number of aromatic nitrogens is 10. The largest absolute Gasteiger partial charge is 0.382 e. The van der Waals surface area contributed by atoms with Gasteiger partial charge in [-0.05, 0) is 284 Å². The van der Waals surface area contributed by atoms with Crippen LogP contribution in [0.5, 0.6) is 0 Å². The first kappa shape index (κ1) is 101. The first-order valence-electron chi connectivity index (χ1n) is 49.7. The number of halogens is 1. The molecule has 15 heterocycles. The molecular weight excluding hydrogens is 1990 g/mol. The number of thiazole rings is 3. The van der Waals surface area contributed by atoms with Crippen LogP contribution in [-0.2, 0) is 50.1 Å². The highest BCUT2D eigenvalue weighted by Gasteiger charge is 2.45. The number of anilines is 5. The Morgan fingerprint density at radius 2 is 0.662 bits per heavy atom. The van der Waals surface area contributed by atoms with E-state index in [9.17, 15) is 51.3 Å². The lowest BCUT2D eigenvalue weighted by atomic mass is 10.0. The number of hydrogen-bond acceptors (Lipinski definition) is 28. The van der Waals surface area contributed by atoms with Crippen molar-refractivity contribution < 1.29 is 46.5 Å². The Balaban J connectivity index is 0.000000110. The third-order valence-corrected chi connectivity index (χ3v) is 42.0. The minimum Gasteiger partial charge on any atom is -0.382 e. The molecule has 145 heavy (non-hydrogen) atoms. The Morgan fingerprint density at radius 3 is 0.966 bits per heavy atom. The molecule has 0 unspecified atom stereocenters. The molecule has 5 aliphatic heterocycles. The zero-order valence-corrected chi connectivity index (χ0v) is 87.6. The highest BCUT2D eigenvalue weighted by molar-refractivity contribution is 7.91. The van der Waals surface area contributed by atoms with Gasteiger partial charge in [-0.3, -0.25) is 34.7 Å². The summed E-state index contributed by atoms with van der Waals surface area (Å²) in [6, 6.07) is 42.8. The van der Waals surface area contributed by atoms with Crippen molar-refractivity contribution in [3.8, 4) is 54.1 Å². The van der Waals surface area contributed by atoms with E-state index in [2.05, 4.69) is 137 Å². The van der Waals surface area contributed by atoms with E-state index in [1.54, 1.807) is 87.3 Å². The summed E-state index contributed by atoms with van der Waals surface area (Å²) in [5, 5.41) is 32.3. The van der Waals surface area contributed by atoms with Crippen LogP contribution in [0.1, 0.15) is 132 Å². The maximum Gasteiger partial charge on any atom is 0.305 e. The van der Waals surface area contributed by atoms with Crippen LogP contribution < -0.4 is 31.5 Å². The van der Waals surface area contributed by atoms with Crippen molar-refractivity contribution in [1.82, 2.24) is 71.4 Å². The molecule has 9 fully saturated rings. The van der Waals surface area contributed by atoms with Gasteiger partial charge in [-0.1, -0.05) is 23.5 Å². The molecule has 4 saturated carbocycles. The van der Waals surface area contributed by atoms with Crippen molar-refractivity contribution in [2.24, 2.45) is 0 Å². The molecule has 5 aromatic carbocycles. The molecule has 6 N–H and O–H groups in total. The summed E-state index contributed by atoms with van der Waals surface area (Å²) >= 11 is 4.52. The van der Waals surface area contributed by atoms with Crippen molar-refractivity contribution >= 4 is 166 Å². The molecule has 31 nitrogen and oxygen atoms in total. The predicted molar refractivity (Wildman–Crippen MR) is 579 cm³/mol. The van der Waals surface area contributed by atoms with Crippen LogP contribution in [0, 0.1) is 26.7 Å². The monoisotopic (exact) mass is 2110 g/mol. The topological polar surface area (TPSA) is 396 Å². The molecule has 9 aliphatic rings. The van der Waals surface area contributed by atoms with Gasteiger partial charge in [0.1, 0.15) is 10.0 Å². The number of sulfonamides is 5. The van der Waals surface area contributed by atoms with Gasteiger partial charge in [-0.25, -0.2) is 78.6 Å². The van der Waals surface area contributed by atoms with E-state index >= 15 is 0 Å². The van der Waals surface area contributed by atoms with E-state index in [1.807, 2.05) is 118 Å². The number of nitrogens with zero attached hydrogens (tertiary/aromatic N) is 14. The summed E-state index contributed by atoms with van der Waals surface area (Å²) < 4.78 is 145. The van der Waals surface area contributed by atoms with E-state index in [4.69, 9.17) is 0 Å². The van der Waals surface area contributed by atoms with E-state index in [0.29, 0.717) is 71.1 Å². The number of benzene rings is 5. The van der Waals surface area contributed by atoms with Crippen molar-refractivity contribution in [3.63, 3.8) is 0 Å². The van der Waals surface area contributed by atoms with Crippen molar-refractivity contribution in [2.75, 3.05) is 98.3 Å². The normalized spacial score (nSPS) is 18.4. The number of rotatable bonds is 24. The van der Waals surface area contributed by atoms with Gasteiger partial charge in [0.15, 0.2) is 0 Å². The van der Waals surface area contributed by atoms with Gasteiger partial charge in [0.2, 0.25) is 56.1 Å². The molecule has 4 aliphatic carbocycles. The standard InChI is InChI=1S/C23H26N4O2S.C22H23FN4O2S.C21H24N4O2S2.C20H22N4O3S2.C19H22N4O2S2/c1-16-3-2-4-22(25-16)18-13-17-7-10-24-15-21(17)23(14-18)26-19-8-11-27(12-9-19)30(28,29)20-5-6-20;23-22-3-1-2-20(26-22)16-12-15-6-9-24-14-19(15)21(13-16)25-17-7-10-27(11-8-17)30(28,29)18-4-5-18;1-14-13-28-21(23-14)16-10-15-4-7-22-12-19(15)20(11-16)24-17-5-8-25(9-6-17)29(26,27)18-2-3-18;25-20-22-12-19(28-20)14-9-13-3-6-21-11-17(13)18(10-14)23-15-4-7-24(8-5-15)29(26,27)16-1-2-16;1-13-11-21-19(26-13)15-9-14-3-6-20-12-17(14)18(10-15)22-16-4-7-23(8-5-16)27(2,24)25/h2-4,7,10,13-15,19-20,26H,5-6,8-9,11-12H2,1H3;1-3,6,9,12-14,17-18,25H,4-5,7-8,10-11H2;4,7,10-13,17-18,24H,2-3,5-6,8-9H2,1H3;3,6,9-12,15-16,23H,1-2,4-5,7-8H2,(H,22,25);3,6,9-12,16,22H,4-5,7-8H2,1-2H3. The number of hydrogen-bond donors (Lipinski definition) is 6. The fraction of sp³-hybridized carbons (Fsp3) is 0.390. The molecule has 0 spiro atoms. The number of aromatic amines is 1. The van der Waals surface area contributed by atoms with E-state index in [1.165, 1.54) is 28.5 Å². The Morgan fingerprint density at radius 1 is 0.345 bits per heavy atom. The van der Waals surface area contributed by atoms with Crippen LogP contribution in [0.25, 0.3) is 108 Å². The number of piperidine rings is 5. The van der Waals surface area contributed by atoms with Gasteiger partial charge < -0.3 is 31.6 Å². The average Bonchev–Trinajstić information content (AvgIpc) is 1.71. The summed E-state index contributed by atoms with van der Waals surface area (Å²) in [7, 11) is -15.5. The molecule has 40 heteroatoms. The molecule has 758 valence electrons. The molecule has 0 bridgehead atoms. The second-order valence-corrected chi connectivity index (χ2v) is 53.0. The Kier molecular flexibility index (Phi) is 30.1. The number of nitrogens with one attached hydrogen (secondary N) is 6. The molecule has 0 atom stereocenters. The fourth-order valence-corrected chi connectivity index (χ4v) is 30.3. The lowest BCUT2D eigenvalue weighted by molar-refractivity contribution is 0.329. The molecule has 0 radical (unpaired) electrons. The van der Waals surface area contributed by atoms with Crippen LogP contribution in [0.15, 0.2) is 212 Å². The lowest BCUT2D eigenvalue weighted by Crippen LogP contribution is -2.43. The van der Waals surface area contributed by atoms with Crippen LogP contribution in [0.4, 0.5) is 32.8 Å². The van der Waals surface area contributed by atoms with Crippen molar-refractivity contribution in [2.45, 2.75) is 188 Å². The first-order chi connectivity index (χ1) is 69.9. The average molecular weight is 2110 g/mol. The number of H-pyrrole nitrogens is 1. The summed E-state index contributed by atoms with van der Waals surface area (Å²) in [6.07, 6.45) is 37.4. The number of aryl methyl sites for hydroxylation is 3. The molecule has 24 rings (SSSR count). The van der Waals surface area contributed by atoms with Crippen LogP contribution in [0.2, 0.25) is 0 Å². The van der Waals surface area contributed by atoms with E-state index < -0.39 is 56.1 Å². The highest BCUT2D eigenvalue weighted by Crippen LogP contribution is 2.43. The number of fused-ring (bicyclic) bond motifs is 5. The lowest BCUT2D eigenvalue weighted by Gasteiger charge is -2.32. The minimum absolute atomic E-state index is 0.0754. The third kappa shape index (κ3) is 24.1. The van der Waals surface area contributed by atoms with Crippen LogP contribution >= 0.6 is 34.0 Å². The summed E-state index contributed by atoms with van der Waals surface area (Å²) in [6.45, 7) is 11.7. The maximum atomic E-state index is 13.6. The zero-order chi connectivity index (χ0) is 100. The smallest absolute Gasteiger partial charge is 0.305 e. The van der Waals surface area contributed by atoms with Gasteiger partial charge in [-0.2, -0.15) is 4.39 Å². The molecule has 10 aromatic heterocycles. The highest BCUT2D eigenvalue weighted by atomic mass is 32.2. The fourth-order valence-electron chi connectivity index (χ4n) is 19.7. The van der Waals surface area contributed by atoms with Gasteiger partial charge >= 0.3 is 4.87 Å². The predicted octanol–water partition coefficient (Wildman–Crippen LogP) is 18.3.